The molecule has 0 N–H and O–H groups in total. The van der Waals surface area contributed by atoms with Gasteiger partial charge in [0.25, 0.3) is 0 Å². The number of rotatable bonds is 4. The van der Waals surface area contributed by atoms with Gasteiger partial charge in [-0.1, -0.05) is 35.3 Å². The molecule has 0 unspecified atom stereocenters. The Hall–Kier alpha value is -0.315. The summed E-state index contributed by atoms with van der Waals surface area (Å²) < 4.78 is 12.5. The highest BCUT2D eigenvalue weighted by atomic mass is 79.9. The molecule has 1 aliphatic rings. The second-order valence-corrected chi connectivity index (χ2v) is 5.29. The maximum atomic E-state index is 5.69. The molecule has 2 nitrogen and oxygen atoms in total. The van der Waals surface area contributed by atoms with Crippen LogP contribution in [0.15, 0.2) is 22.7 Å². The Morgan fingerprint density at radius 2 is 2.06 bits per heavy atom. The van der Waals surface area contributed by atoms with Crippen molar-refractivity contribution in [2.45, 2.75) is 32.6 Å². The van der Waals surface area contributed by atoms with E-state index in [2.05, 4.69) is 41.1 Å². The highest BCUT2D eigenvalue weighted by molar-refractivity contribution is 9.10. The molecule has 1 aliphatic heterocycles. The van der Waals surface area contributed by atoms with Crippen LogP contribution in [0.1, 0.15) is 31.7 Å². The van der Waals surface area contributed by atoms with E-state index in [9.17, 15) is 0 Å². The summed E-state index contributed by atoms with van der Waals surface area (Å²) in [6, 6.07) is 6.36. The summed E-state index contributed by atoms with van der Waals surface area (Å²) in [7, 11) is -0.163. The van der Waals surface area contributed by atoms with Crippen molar-refractivity contribution in [1.82, 2.24) is 0 Å². The molecule has 1 saturated heterocycles. The predicted molar refractivity (Wildman–Crippen MR) is 74.7 cm³/mol. The van der Waals surface area contributed by atoms with Crippen molar-refractivity contribution in [3.63, 3.8) is 0 Å². The molecule has 1 heterocycles. The Balaban J connectivity index is 2.18. The molecule has 0 bridgehead atoms. The molecule has 1 aromatic carbocycles. The average molecular weight is 297 g/mol. The van der Waals surface area contributed by atoms with E-state index in [4.69, 9.17) is 9.31 Å². The summed E-state index contributed by atoms with van der Waals surface area (Å²) in [6.07, 6.45) is 4.50. The lowest BCUT2D eigenvalue weighted by atomic mass is 9.74. The van der Waals surface area contributed by atoms with E-state index in [1.54, 1.807) is 0 Å². The molecule has 0 aliphatic carbocycles. The van der Waals surface area contributed by atoms with Crippen LogP contribution in [0.4, 0.5) is 0 Å². The maximum Gasteiger partial charge on any atom is 0.494 e. The van der Waals surface area contributed by atoms with Crippen molar-refractivity contribution in [3.05, 3.63) is 28.2 Å². The first-order valence-corrected chi connectivity index (χ1v) is 7.12. The molecule has 2 rings (SSSR count). The molecule has 0 spiro atoms. The summed E-state index contributed by atoms with van der Waals surface area (Å²) in [5, 5.41) is 0. The molecule has 0 amide bonds. The molecular formula is C13H18BBrO2. The third-order valence-electron chi connectivity index (χ3n) is 2.99. The second-order valence-electron chi connectivity index (χ2n) is 4.37. The zero-order valence-corrected chi connectivity index (χ0v) is 11.8. The van der Waals surface area contributed by atoms with Crippen molar-refractivity contribution in [2.24, 2.45) is 0 Å². The first kappa shape index (κ1) is 13.1. The molecule has 0 saturated carbocycles. The van der Waals surface area contributed by atoms with Crippen molar-refractivity contribution >= 4 is 28.5 Å². The lowest BCUT2D eigenvalue weighted by molar-refractivity contribution is 0.143. The minimum Gasteiger partial charge on any atom is -0.407 e. The van der Waals surface area contributed by atoms with Gasteiger partial charge in [-0.05, 0) is 42.4 Å². The predicted octanol–water partition coefficient (Wildman–Crippen LogP) is 2.92. The lowest BCUT2D eigenvalue weighted by Gasteiger charge is -2.22. The smallest absolute Gasteiger partial charge is 0.407 e. The minimum absolute atomic E-state index is 0.163. The van der Waals surface area contributed by atoms with Crippen LogP contribution in [-0.4, -0.2) is 20.3 Å². The van der Waals surface area contributed by atoms with Crippen LogP contribution in [0.25, 0.3) is 0 Å². The fraction of sp³-hybridized carbons (Fsp3) is 0.538. The van der Waals surface area contributed by atoms with Gasteiger partial charge >= 0.3 is 7.12 Å². The van der Waals surface area contributed by atoms with Crippen LogP contribution in [0, 0.1) is 0 Å². The van der Waals surface area contributed by atoms with E-state index in [0.29, 0.717) is 0 Å². The average Bonchev–Trinajstić information content (AvgIpc) is 2.37. The van der Waals surface area contributed by atoms with Gasteiger partial charge in [-0.15, -0.1) is 0 Å². The molecule has 0 atom stereocenters. The molecule has 1 fully saturated rings. The molecular weight excluding hydrogens is 279 g/mol. The highest BCUT2D eigenvalue weighted by Crippen LogP contribution is 2.15. The number of hydrogen-bond donors (Lipinski definition) is 0. The van der Waals surface area contributed by atoms with Crippen LogP contribution < -0.4 is 5.46 Å². The van der Waals surface area contributed by atoms with Crippen LogP contribution >= 0.6 is 15.9 Å². The zero-order valence-electron chi connectivity index (χ0n) is 10.2. The Kier molecular flexibility index (Phi) is 5.07. The second kappa shape index (κ2) is 6.57. The van der Waals surface area contributed by atoms with Gasteiger partial charge in [0.2, 0.25) is 0 Å². The number of unbranched alkanes of at least 4 members (excludes halogenated alkanes) is 1. The molecule has 1 aromatic rings. The van der Waals surface area contributed by atoms with Crippen LogP contribution in [0.2, 0.25) is 0 Å². The van der Waals surface area contributed by atoms with Gasteiger partial charge in [-0.3, -0.25) is 0 Å². The lowest BCUT2D eigenvalue weighted by Crippen LogP contribution is -2.42. The Morgan fingerprint density at radius 1 is 1.29 bits per heavy atom. The number of halogens is 1. The molecule has 4 heteroatoms. The molecule has 0 aromatic heterocycles. The van der Waals surface area contributed by atoms with Gasteiger partial charge in [-0.2, -0.15) is 0 Å². The van der Waals surface area contributed by atoms with Crippen LogP contribution in [0.3, 0.4) is 0 Å². The van der Waals surface area contributed by atoms with Gasteiger partial charge in [0.05, 0.1) is 0 Å². The number of benzene rings is 1. The summed E-state index contributed by atoms with van der Waals surface area (Å²) in [5.74, 6) is 0. The van der Waals surface area contributed by atoms with Crippen molar-refractivity contribution in [3.8, 4) is 0 Å². The van der Waals surface area contributed by atoms with Gasteiger partial charge in [0, 0.05) is 17.7 Å². The number of aryl methyl sites for hydroxylation is 1. The Morgan fingerprint density at radius 3 is 2.76 bits per heavy atom. The summed E-state index contributed by atoms with van der Waals surface area (Å²) in [6.45, 7) is 3.81. The van der Waals surface area contributed by atoms with E-state index < -0.39 is 0 Å². The van der Waals surface area contributed by atoms with Gasteiger partial charge in [-0.25, -0.2) is 0 Å². The van der Waals surface area contributed by atoms with Crippen LogP contribution in [0.5, 0.6) is 0 Å². The fourth-order valence-corrected chi connectivity index (χ4v) is 2.46. The largest absolute Gasteiger partial charge is 0.494 e. The van der Waals surface area contributed by atoms with Crippen molar-refractivity contribution in [2.75, 3.05) is 13.2 Å². The monoisotopic (exact) mass is 296 g/mol. The third kappa shape index (κ3) is 3.57. The van der Waals surface area contributed by atoms with Crippen LogP contribution in [-0.2, 0) is 15.7 Å². The third-order valence-corrected chi connectivity index (χ3v) is 3.48. The topological polar surface area (TPSA) is 18.5 Å². The summed E-state index contributed by atoms with van der Waals surface area (Å²) >= 11 is 3.53. The SMILES string of the molecule is CCCCc1cc(Br)ccc1B1OCCCO1. The van der Waals surface area contributed by atoms with E-state index in [1.165, 1.54) is 23.9 Å². The van der Waals surface area contributed by atoms with E-state index >= 15 is 0 Å². The van der Waals surface area contributed by atoms with Gasteiger partial charge < -0.3 is 9.31 Å². The molecule has 92 valence electrons. The Bertz CT molecular complexity index is 364. The van der Waals surface area contributed by atoms with E-state index in [0.717, 1.165) is 30.5 Å². The number of hydrogen-bond acceptors (Lipinski definition) is 2. The van der Waals surface area contributed by atoms with E-state index in [1.807, 2.05) is 0 Å². The summed E-state index contributed by atoms with van der Waals surface area (Å²) in [4.78, 5) is 0. The summed E-state index contributed by atoms with van der Waals surface area (Å²) in [5.41, 5.74) is 2.54. The standard InChI is InChI=1S/C13H18BBrO2/c1-2-3-5-11-10-12(15)6-7-13(11)14-16-8-4-9-17-14/h6-7,10H,2-5,8-9H2,1H3. The van der Waals surface area contributed by atoms with Crippen molar-refractivity contribution in [1.29, 1.82) is 0 Å². The first-order chi connectivity index (χ1) is 8.31. The maximum absolute atomic E-state index is 5.69. The van der Waals surface area contributed by atoms with E-state index in [-0.39, 0.29) is 7.12 Å². The zero-order chi connectivity index (χ0) is 12.1. The minimum atomic E-state index is -0.163. The normalized spacial score (nSPS) is 16.2. The van der Waals surface area contributed by atoms with Gasteiger partial charge in [0.15, 0.2) is 0 Å². The molecule has 17 heavy (non-hydrogen) atoms. The van der Waals surface area contributed by atoms with Gasteiger partial charge in [0.1, 0.15) is 0 Å². The Labute approximate surface area is 112 Å². The molecule has 0 radical (unpaired) electrons. The highest BCUT2D eigenvalue weighted by Gasteiger charge is 2.26. The quantitative estimate of drug-likeness (QED) is 0.796. The fourth-order valence-electron chi connectivity index (χ4n) is 2.06. The first-order valence-electron chi connectivity index (χ1n) is 6.33. The van der Waals surface area contributed by atoms with Crippen molar-refractivity contribution < 1.29 is 9.31 Å².